The van der Waals surface area contributed by atoms with Crippen LogP contribution in [-0.4, -0.2) is 11.8 Å². The van der Waals surface area contributed by atoms with Crippen LogP contribution < -0.4 is 5.73 Å². The Kier molecular flexibility index (Phi) is 1.86. The third kappa shape index (κ3) is 1.52. The highest BCUT2D eigenvalue weighted by Crippen LogP contribution is 2.18. The first-order valence-corrected chi connectivity index (χ1v) is 3.53. The Hall–Kier alpha value is -0.370. The van der Waals surface area contributed by atoms with Gasteiger partial charge in [0.05, 0.1) is 0 Å². The summed E-state index contributed by atoms with van der Waals surface area (Å²) in [7, 11) is 0. The van der Waals surface area contributed by atoms with Crippen molar-refractivity contribution in [1.29, 1.82) is 5.41 Å². The first kappa shape index (κ1) is 6.75. The van der Waals surface area contributed by atoms with E-state index in [1.165, 1.54) is 0 Å². The summed E-state index contributed by atoms with van der Waals surface area (Å²) in [6, 6.07) is 0.272. The second-order valence-electron chi connectivity index (χ2n) is 2.97. The molecule has 52 valence electrons. The van der Waals surface area contributed by atoms with Crippen LogP contribution >= 0.6 is 0 Å². The van der Waals surface area contributed by atoms with Crippen molar-refractivity contribution in [3.63, 3.8) is 0 Å². The quantitative estimate of drug-likeness (QED) is 0.502. The van der Waals surface area contributed by atoms with Crippen LogP contribution in [0.1, 0.15) is 26.2 Å². The molecule has 2 nitrogen and oxygen atoms in total. The van der Waals surface area contributed by atoms with Crippen LogP contribution in [0.4, 0.5) is 0 Å². The first-order valence-electron chi connectivity index (χ1n) is 3.53. The Morgan fingerprint density at radius 3 is 2.67 bits per heavy atom. The van der Waals surface area contributed by atoms with Crippen LogP contribution in [0.5, 0.6) is 0 Å². The van der Waals surface area contributed by atoms with E-state index in [4.69, 9.17) is 11.1 Å². The molecule has 0 aromatic rings. The molecule has 2 heteroatoms. The van der Waals surface area contributed by atoms with E-state index >= 15 is 0 Å². The maximum absolute atomic E-state index is 7.45. The van der Waals surface area contributed by atoms with E-state index in [0.29, 0.717) is 5.92 Å². The van der Waals surface area contributed by atoms with E-state index in [0.717, 1.165) is 25.0 Å². The van der Waals surface area contributed by atoms with E-state index < -0.39 is 0 Å². The summed E-state index contributed by atoms with van der Waals surface area (Å²) in [6.45, 7) is 2.11. The predicted molar refractivity (Wildman–Crippen MR) is 38.7 cm³/mol. The largest absolute Gasteiger partial charge is 0.327 e. The normalized spacial score (nSPS) is 36.9. The molecule has 0 saturated heterocycles. The molecular formula is C7H14N2. The number of nitrogens with two attached hydrogens (primary N) is 1. The van der Waals surface area contributed by atoms with Crippen LogP contribution in [0, 0.1) is 11.3 Å². The van der Waals surface area contributed by atoms with Gasteiger partial charge in [-0.05, 0) is 18.8 Å². The summed E-state index contributed by atoms with van der Waals surface area (Å²) in [6.07, 6.45) is 3.03. The maximum atomic E-state index is 7.45. The number of nitrogens with one attached hydrogen (secondary N) is 1. The van der Waals surface area contributed by atoms with Gasteiger partial charge in [0.1, 0.15) is 0 Å². The van der Waals surface area contributed by atoms with Crippen LogP contribution in [0.2, 0.25) is 0 Å². The second-order valence-corrected chi connectivity index (χ2v) is 2.97. The molecule has 9 heavy (non-hydrogen) atoms. The predicted octanol–water partition coefficient (Wildman–Crippen LogP) is 1.15. The molecule has 2 unspecified atom stereocenters. The molecule has 0 heterocycles. The summed E-state index contributed by atoms with van der Waals surface area (Å²) in [5.74, 6) is 0.491. The van der Waals surface area contributed by atoms with Crippen molar-refractivity contribution >= 4 is 5.71 Å². The van der Waals surface area contributed by atoms with Crippen molar-refractivity contribution in [2.45, 2.75) is 32.2 Å². The molecule has 0 amide bonds. The topological polar surface area (TPSA) is 49.9 Å². The molecule has 0 spiro atoms. The lowest BCUT2D eigenvalue weighted by atomic mass is 9.86. The molecule has 1 aliphatic carbocycles. The molecule has 1 saturated carbocycles. The SMILES string of the molecule is CC1CCC(N)CC1=N. The highest BCUT2D eigenvalue weighted by Gasteiger charge is 2.19. The molecule has 0 radical (unpaired) electrons. The van der Waals surface area contributed by atoms with Crippen LogP contribution in [0.3, 0.4) is 0 Å². The summed E-state index contributed by atoms with van der Waals surface area (Å²) in [5.41, 5.74) is 6.49. The van der Waals surface area contributed by atoms with Gasteiger partial charge in [-0.2, -0.15) is 0 Å². The number of hydrogen-bond donors (Lipinski definition) is 2. The second kappa shape index (κ2) is 2.48. The Balaban J connectivity index is 2.44. The van der Waals surface area contributed by atoms with Gasteiger partial charge in [-0.1, -0.05) is 6.92 Å². The van der Waals surface area contributed by atoms with Crippen molar-refractivity contribution < 1.29 is 0 Å². The minimum Gasteiger partial charge on any atom is -0.327 e. The van der Waals surface area contributed by atoms with Crippen LogP contribution in [-0.2, 0) is 0 Å². The van der Waals surface area contributed by atoms with Crippen molar-refractivity contribution in [2.24, 2.45) is 11.7 Å². The minimum absolute atomic E-state index is 0.272. The standard InChI is InChI=1S/C7H14N2/c1-5-2-3-6(8)4-7(5)9/h5-6,9H,2-4,8H2,1H3. The fraction of sp³-hybridized carbons (Fsp3) is 0.857. The minimum atomic E-state index is 0.272. The zero-order valence-corrected chi connectivity index (χ0v) is 5.85. The van der Waals surface area contributed by atoms with E-state index in [2.05, 4.69) is 6.92 Å². The smallest absolute Gasteiger partial charge is 0.0133 e. The molecule has 3 N–H and O–H groups in total. The monoisotopic (exact) mass is 126 g/mol. The molecule has 0 bridgehead atoms. The average Bonchev–Trinajstić information content (AvgIpc) is 1.80. The lowest BCUT2D eigenvalue weighted by molar-refractivity contribution is 0.497. The van der Waals surface area contributed by atoms with Crippen molar-refractivity contribution in [1.82, 2.24) is 0 Å². The first-order chi connectivity index (χ1) is 4.20. The van der Waals surface area contributed by atoms with Gasteiger partial charge in [-0.15, -0.1) is 0 Å². The molecular weight excluding hydrogens is 112 g/mol. The van der Waals surface area contributed by atoms with Gasteiger partial charge in [0.25, 0.3) is 0 Å². The zero-order chi connectivity index (χ0) is 6.85. The Morgan fingerprint density at radius 1 is 1.56 bits per heavy atom. The van der Waals surface area contributed by atoms with Crippen molar-refractivity contribution in [2.75, 3.05) is 0 Å². The molecule has 2 atom stereocenters. The number of hydrogen-bond acceptors (Lipinski definition) is 2. The Bertz CT molecular complexity index is 120. The van der Waals surface area contributed by atoms with Crippen molar-refractivity contribution in [3.05, 3.63) is 0 Å². The van der Waals surface area contributed by atoms with Gasteiger partial charge >= 0.3 is 0 Å². The van der Waals surface area contributed by atoms with E-state index in [1.807, 2.05) is 0 Å². The number of rotatable bonds is 0. The van der Waals surface area contributed by atoms with Crippen LogP contribution in [0.15, 0.2) is 0 Å². The highest BCUT2D eigenvalue weighted by atomic mass is 14.7. The molecule has 0 aromatic heterocycles. The molecule has 1 fully saturated rings. The van der Waals surface area contributed by atoms with Gasteiger partial charge in [0, 0.05) is 18.2 Å². The van der Waals surface area contributed by atoms with Gasteiger partial charge in [0.15, 0.2) is 0 Å². The maximum Gasteiger partial charge on any atom is 0.0133 e. The molecule has 1 rings (SSSR count). The summed E-state index contributed by atoms with van der Waals surface area (Å²) in [5, 5.41) is 7.45. The summed E-state index contributed by atoms with van der Waals surface area (Å²) >= 11 is 0. The van der Waals surface area contributed by atoms with E-state index in [9.17, 15) is 0 Å². The zero-order valence-electron chi connectivity index (χ0n) is 5.85. The summed E-state index contributed by atoms with van der Waals surface area (Å²) in [4.78, 5) is 0. The lowest BCUT2D eigenvalue weighted by Crippen LogP contribution is -2.31. The third-order valence-electron chi connectivity index (χ3n) is 2.05. The molecule has 0 aromatic carbocycles. The van der Waals surface area contributed by atoms with Gasteiger partial charge < -0.3 is 11.1 Å². The fourth-order valence-corrected chi connectivity index (χ4v) is 1.22. The fourth-order valence-electron chi connectivity index (χ4n) is 1.22. The molecule has 1 aliphatic rings. The van der Waals surface area contributed by atoms with Gasteiger partial charge in [-0.3, -0.25) is 0 Å². The van der Waals surface area contributed by atoms with Gasteiger partial charge in [-0.25, -0.2) is 0 Å². The summed E-state index contributed by atoms with van der Waals surface area (Å²) < 4.78 is 0. The van der Waals surface area contributed by atoms with Crippen molar-refractivity contribution in [3.8, 4) is 0 Å². The Morgan fingerprint density at radius 2 is 2.22 bits per heavy atom. The average molecular weight is 126 g/mol. The van der Waals surface area contributed by atoms with Gasteiger partial charge in [0.2, 0.25) is 0 Å². The van der Waals surface area contributed by atoms with E-state index in [1.54, 1.807) is 0 Å². The molecule has 0 aliphatic heterocycles. The van der Waals surface area contributed by atoms with Crippen LogP contribution in [0.25, 0.3) is 0 Å². The third-order valence-corrected chi connectivity index (χ3v) is 2.05. The lowest BCUT2D eigenvalue weighted by Gasteiger charge is -2.23. The van der Waals surface area contributed by atoms with E-state index in [-0.39, 0.29) is 6.04 Å². The highest BCUT2D eigenvalue weighted by molar-refractivity contribution is 5.84. The Labute approximate surface area is 55.9 Å².